The van der Waals surface area contributed by atoms with E-state index in [1.54, 1.807) is 52.6 Å². The van der Waals surface area contributed by atoms with Gasteiger partial charge in [0.05, 0.1) is 0 Å². The van der Waals surface area contributed by atoms with Crippen molar-refractivity contribution in [1.29, 1.82) is 0 Å². The van der Waals surface area contributed by atoms with E-state index in [9.17, 15) is 24.0 Å². The molecule has 1 unspecified atom stereocenters. The van der Waals surface area contributed by atoms with Crippen molar-refractivity contribution in [2.24, 2.45) is 0 Å². The minimum Gasteiger partial charge on any atom is -0.492 e. The van der Waals surface area contributed by atoms with Crippen molar-refractivity contribution in [3.05, 3.63) is 128 Å². The lowest BCUT2D eigenvalue weighted by molar-refractivity contribution is -0.137. The number of amides is 5. The number of likely N-dealkylation sites (tertiary alicyclic amines) is 1. The fourth-order valence-corrected chi connectivity index (χ4v) is 10.2. The lowest BCUT2D eigenvalue weighted by Crippen LogP contribution is -2.52. The van der Waals surface area contributed by atoms with E-state index in [0.29, 0.717) is 66.8 Å². The Kier molecular flexibility index (Phi) is 11.2. The molecule has 5 amide bonds. The molecule has 6 heterocycles. The van der Waals surface area contributed by atoms with E-state index in [-0.39, 0.29) is 55.0 Å². The summed E-state index contributed by atoms with van der Waals surface area (Å²) >= 11 is 7.97. The first-order chi connectivity index (χ1) is 29.9. The fourth-order valence-electron chi connectivity index (χ4n) is 8.86. The maximum atomic E-state index is 13.8. The first kappa shape index (κ1) is 41.1. The third-order valence-corrected chi connectivity index (χ3v) is 13.6. The summed E-state index contributed by atoms with van der Waals surface area (Å²) in [4.78, 5) is 69.1. The molecule has 4 aliphatic heterocycles. The van der Waals surface area contributed by atoms with Crippen LogP contribution in [0.4, 0.5) is 5.69 Å². The molecule has 2 saturated heterocycles. The second kappa shape index (κ2) is 16.9. The average molecular weight is 873 g/mol. The number of nitrogens with one attached hydrogen (secondary N) is 3. The van der Waals surface area contributed by atoms with Gasteiger partial charge in [-0.15, -0.1) is 21.5 Å². The summed E-state index contributed by atoms with van der Waals surface area (Å²) in [5.74, 6) is 0.497. The number of allylic oxidation sites excluding steroid dienone is 1. The number of hydrogen-bond donors (Lipinski definition) is 3. The van der Waals surface area contributed by atoms with E-state index in [0.717, 1.165) is 38.8 Å². The molecule has 16 heteroatoms. The normalized spacial score (nSPS) is 19.3. The Morgan fingerprint density at radius 1 is 0.984 bits per heavy atom. The van der Waals surface area contributed by atoms with Crippen LogP contribution in [0.2, 0.25) is 5.02 Å². The van der Waals surface area contributed by atoms with Crippen molar-refractivity contribution in [3.63, 3.8) is 0 Å². The van der Waals surface area contributed by atoms with Gasteiger partial charge in [0.1, 0.15) is 35.0 Å². The topological polar surface area (TPSA) is 168 Å². The molecule has 0 radical (unpaired) electrons. The Bertz CT molecular complexity index is 2660. The molecule has 5 aromatic rings. The number of thiophene rings is 1. The molecular formula is C46H45ClN8O6S. The van der Waals surface area contributed by atoms with Crippen LogP contribution in [-0.4, -0.2) is 92.4 Å². The van der Waals surface area contributed by atoms with Gasteiger partial charge in [-0.3, -0.25) is 33.9 Å². The number of aryl methyl sites for hydroxylation is 2. The molecule has 62 heavy (non-hydrogen) atoms. The molecule has 0 saturated carbocycles. The Labute approximate surface area is 367 Å². The zero-order chi connectivity index (χ0) is 43.2. The third kappa shape index (κ3) is 7.86. The van der Waals surface area contributed by atoms with E-state index >= 15 is 0 Å². The molecule has 3 N–H and O–H groups in total. The number of benzene rings is 3. The first-order valence-corrected chi connectivity index (χ1v) is 21.9. The highest BCUT2D eigenvalue weighted by molar-refractivity contribution is 7.15. The predicted octanol–water partition coefficient (Wildman–Crippen LogP) is 6.11. The van der Waals surface area contributed by atoms with Gasteiger partial charge in [-0.2, -0.15) is 0 Å². The molecule has 0 bridgehead atoms. The third-order valence-electron chi connectivity index (χ3n) is 12.2. The van der Waals surface area contributed by atoms with Gasteiger partial charge in [0, 0.05) is 88.8 Å². The van der Waals surface area contributed by atoms with Gasteiger partial charge in [0.15, 0.2) is 0 Å². The van der Waals surface area contributed by atoms with Gasteiger partial charge in [-0.05, 0) is 98.8 Å². The summed E-state index contributed by atoms with van der Waals surface area (Å²) in [6.07, 6.45) is 3.45. The van der Waals surface area contributed by atoms with Gasteiger partial charge in [0.2, 0.25) is 17.7 Å². The Morgan fingerprint density at radius 2 is 1.77 bits per heavy atom. The van der Waals surface area contributed by atoms with Crippen LogP contribution in [0.3, 0.4) is 0 Å². The first-order valence-electron chi connectivity index (χ1n) is 20.8. The molecule has 3 atom stereocenters. The van der Waals surface area contributed by atoms with E-state index in [1.165, 1.54) is 15.3 Å². The highest BCUT2D eigenvalue weighted by atomic mass is 35.5. The summed E-state index contributed by atoms with van der Waals surface area (Å²) in [7, 11) is 0. The summed E-state index contributed by atoms with van der Waals surface area (Å²) in [5, 5.41) is 19.6. The maximum absolute atomic E-state index is 13.8. The Balaban J connectivity index is 0.785. The van der Waals surface area contributed by atoms with Crippen LogP contribution in [0.25, 0.3) is 10.6 Å². The zero-order valence-electron chi connectivity index (χ0n) is 34.5. The van der Waals surface area contributed by atoms with Crippen LogP contribution < -0.4 is 20.7 Å². The molecule has 0 aliphatic carbocycles. The van der Waals surface area contributed by atoms with E-state index < -0.39 is 11.9 Å². The maximum Gasteiger partial charge on any atom is 0.255 e. The standard InChI is InChI=1S/C46H45ClN8O6S/c1-25-26(2)62-46-41(25)35(28-7-11-31(47)12-8-28)21-30(42-52-51-27(3)55(42)46)22-40(57)49-32-17-19-53(23-32)44(59)29-9-13-33(14-10-29)61-20-18-48-37-6-4-5-34-36(37)24-54(45(34)60)38-15-16-39(56)50-43(38)58/h4-14,21,30,32,38,48H,15-20,22-24H2,1-3H3,(H,49,57)(H,50,56,58)/t30-,32-,38?/m0/s1. The van der Waals surface area contributed by atoms with Crippen LogP contribution in [-0.2, 0) is 20.9 Å². The number of imide groups is 1. The van der Waals surface area contributed by atoms with Crippen molar-refractivity contribution < 1.29 is 28.7 Å². The highest BCUT2D eigenvalue weighted by Gasteiger charge is 2.40. The molecule has 9 rings (SSSR count). The van der Waals surface area contributed by atoms with Crippen molar-refractivity contribution in [2.45, 2.75) is 71.0 Å². The van der Waals surface area contributed by atoms with E-state index in [1.807, 2.05) is 37.3 Å². The zero-order valence-corrected chi connectivity index (χ0v) is 36.1. The van der Waals surface area contributed by atoms with Gasteiger partial charge in [-0.1, -0.05) is 35.9 Å². The number of ether oxygens (including phenoxy) is 1. The quantitative estimate of drug-likeness (QED) is 0.105. The lowest BCUT2D eigenvalue weighted by Gasteiger charge is -2.29. The molecule has 3 aromatic carbocycles. The average Bonchev–Trinajstić information content (AvgIpc) is 4.02. The number of halogens is 1. The van der Waals surface area contributed by atoms with Crippen molar-refractivity contribution in [1.82, 2.24) is 35.2 Å². The minimum atomic E-state index is -0.679. The summed E-state index contributed by atoms with van der Waals surface area (Å²) in [6, 6.07) is 19.4. The van der Waals surface area contributed by atoms with Gasteiger partial charge in [-0.25, -0.2) is 0 Å². The number of anilines is 1. The fraction of sp³-hybridized carbons (Fsp3) is 0.326. The highest BCUT2D eigenvalue weighted by Crippen LogP contribution is 2.44. The van der Waals surface area contributed by atoms with Gasteiger partial charge < -0.3 is 25.2 Å². The van der Waals surface area contributed by atoms with Gasteiger partial charge in [0.25, 0.3) is 11.8 Å². The summed E-state index contributed by atoms with van der Waals surface area (Å²) in [6.45, 7) is 8.13. The van der Waals surface area contributed by atoms with Crippen LogP contribution in [0.15, 0.2) is 72.8 Å². The molecule has 2 fully saturated rings. The minimum absolute atomic E-state index is 0.117. The number of nitrogens with zero attached hydrogens (tertiary/aromatic N) is 5. The molecule has 0 spiro atoms. The second-order valence-corrected chi connectivity index (χ2v) is 17.8. The van der Waals surface area contributed by atoms with Gasteiger partial charge >= 0.3 is 0 Å². The van der Waals surface area contributed by atoms with E-state index in [2.05, 4.69) is 50.6 Å². The number of carbonyl (C=O) groups is 5. The largest absolute Gasteiger partial charge is 0.492 e. The number of carbonyl (C=O) groups excluding carboxylic acids is 5. The van der Waals surface area contributed by atoms with Crippen LogP contribution in [0.5, 0.6) is 5.75 Å². The number of fused-ring (bicyclic) bond motifs is 4. The number of rotatable bonds is 11. The molecule has 2 aromatic heterocycles. The molecule has 4 aliphatic rings. The Hall–Kier alpha value is -6.32. The van der Waals surface area contributed by atoms with E-state index in [4.69, 9.17) is 16.3 Å². The van der Waals surface area contributed by atoms with Crippen molar-refractivity contribution in [2.75, 3.05) is 31.6 Å². The monoisotopic (exact) mass is 872 g/mol. The molecule has 318 valence electrons. The Morgan fingerprint density at radius 3 is 2.55 bits per heavy atom. The molecular weight excluding hydrogens is 828 g/mol. The van der Waals surface area contributed by atoms with Crippen LogP contribution in [0.1, 0.15) is 91.1 Å². The SMILES string of the molecule is Cc1sc2c(c1C)C(c1ccc(Cl)cc1)=C[C@@H](CC(=O)N[C@H]1CCN(C(=O)c3ccc(OCCNc4cccc5c4CN(C4CCC(=O)NC4=O)C5=O)cc3)C1)c1nnc(C)n1-2. The summed E-state index contributed by atoms with van der Waals surface area (Å²) in [5.41, 5.74) is 6.97. The summed E-state index contributed by atoms with van der Waals surface area (Å²) < 4.78 is 8.05. The smallest absolute Gasteiger partial charge is 0.255 e. The van der Waals surface area contributed by atoms with Crippen molar-refractivity contribution in [3.8, 4) is 10.8 Å². The number of hydrogen-bond acceptors (Lipinski definition) is 10. The van der Waals surface area contributed by atoms with Crippen molar-refractivity contribution >= 4 is 63.7 Å². The second-order valence-electron chi connectivity index (χ2n) is 16.1. The lowest BCUT2D eigenvalue weighted by atomic mass is 9.92. The van der Waals surface area contributed by atoms with Crippen LogP contribution >= 0.6 is 22.9 Å². The number of piperidine rings is 1. The number of aromatic nitrogens is 3. The van der Waals surface area contributed by atoms with Crippen LogP contribution in [0, 0.1) is 20.8 Å². The molecule has 14 nitrogen and oxygen atoms in total. The predicted molar refractivity (Wildman–Crippen MR) is 235 cm³/mol.